The molecule has 0 saturated heterocycles. The molecule has 0 amide bonds. The number of carboxylic acid groups (broad SMARTS) is 3. The van der Waals surface area contributed by atoms with Gasteiger partial charge in [0.2, 0.25) is 0 Å². The van der Waals surface area contributed by atoms with Gasteiger partial charge in [-0.3, -0.25) is 14.1 Å². The van der Waals surface area contributed by atoms with Crippen molar-refractivity contribution in [3.05, 3.63) is 0 Å². The van der Waals surface area contributed by atoms with Crippen molar-refractivity contribution in [2.75, 3.05) is 0 Å². The molecule has 0 aromatic heterocycles. The number of carboxylic acids is 3. The average molecular weight is 474 g/mol. The zero-order chi connectivity index (χ0) is 17.1. The van der Waals surface area contributed by atoms with Gasteiger partial charge in [-0.1, -0.05) is 0 Å². The van der Waals surface area contributed by atoms with Crippen LogP contribution < -0.4 is 0 Å². The fourth-order valence-electron chi connectivity index (χ4n) is 1.18. The van der Waals surface area contributed by atoms with Gasteiger partial charge in [0.25, 0.3) is 0 Å². The van der Waals surface area contributed by atoms with Gasteiger partial charge >= 0.3 is 33.6 Å². The first-order valence-electron chi connectivity index (χ1n) is 4.66. The van der Waals surface area contributed by atoms with Crippen molar-refractivity contribution in [2.24, 2.45) is 0 Å². The Hall–Kier alpha value is -0.317. The van der Waals surface area contributed by atoms with Gasteiger partial charge in [-0.15, -0.1) is 0 Å². The maximum absolute atomic E-state index is 11.3. The molecule has 0 aliphatic rings. The van der Waals surface area contributed by atoms with Crippen LogP contribution in [0.5, 0.6) is 0 Å². The second-order valence-corrected chi connectivity index (χ2v) is 6.33. The van der Waals surface area contributed by atoms with Crippen LogP contribution in [-0.2, 0) is 65.9 Å². The number of phosphoric ester groups is 1. The van der Waals surface area contributed by atoms with Gasteiger partial charge in [0.05, 0.1) is 12.8 Å². The third-order valence-corrected chi connectivity index (χ3v) is 4.02. The molecule has 0 saturated carbocycles. The van der Waals surface area contributed by atoms with E-state index in [0.717, 1.165) is 0 Å². The standard InChI is InChI=1S/C6H10O13P2.Cu.Ni/c7-3(8)1-6(5(11)12,2-4(9)10)18-21(16,17)19-20(13,14)15;;/h1-2H2,(H,7,8)(H,9,10)(H,11,12)(H,16,17)(H2,13,14,15);;. The topological polar surface area (TPSA) is 225 Å². The van der Waals surface area contributed by atoms with Crippen molar-refractivity contribution in [3.8, 4) is 0 Å². The summed E-state index contributed by atoms with van der Waals surface area (Å²) >= 11 is 0. The van der Waals surface area contributed by atoms with E-state index < -0.39 is 52.0 Å². The van der Waals surface area contributed by atoms with Crippen molar-refractivity contribution in [2.45, 2.75) is 18.4 Å². The van der Waals surface area contributed by atoms with E-state index in [1.54, 1.807) is 0 Å². The quantitative estimate of drug-likeness (QED) is 0.174. The molecule has 0 aromatic rings. The Kier molecular flexibility index (Phi) is 11.8. The molecule has 0 aliphatic carbocycles. The number of rotatable bonds is 9. The molecule has 1 unspecified atom stereocenters. The Bertz CT molecular complexity index is 527. The molecule has 13 nitrogen and oxygen atoms in total. The van der Waals surface area contributed by atoms with Gasteiger partial charge < -0.3 is 30.0 Å². The first kappa shape index (κ1) is 27.5. The Morgan fingerprint density at radius 1 is 0.913 bits per heavy atom. The molecule has 0 spiro atoms. The predicted octanol–water partition coefficient (Wildman–Crippen LogP) is -1.02. The average Bonchev–Trinajstić information content (AvgIpc) is 2.08. The van der Waals surface area contributed by atoms with Crippen LogP contribution in [0.15, 0.2) is 0 Å². The van der Waals surface area contributed by atoms with Gasteiger partial charge in [-0.25, -0.2) is 13.9 Å². The monoisotopic (exact) mass is 473 g/mol. The minimum absolute atomic E-state index is 0. The normalized spacial score (nSPS) is 13.9. The zero-order valence-corrected chi connectivity index (χ0v) is 14.2. The summed E-state index contributed by atoms with van der Waals surface area (Å²) in [6.45, 7) is 0. The van der Waals surface area contributed by atoms with Crippen LogP contribution in [0.3, 0.4) is 0 Å². The Balaban J connectivity index is -0.00000200. The van der Waals surface area contributed by atoms with Crippen molar-refractivity contribution in [1.29, 1.82) is 0 Å². The van der Waals surface area contributed by atoms with Crippen LogP contribution in [0.4, 0.5) is 0 Å². The maximum Gasteiger partial charge on any atom is 0.482 e. The van der Waals surface area contributed by atoms with E-state index >= 15 is 0 Å². The summed E-state index contributed by atoms with van der Waals surface area (Å²) in [6.07, 6.45) is -3.16. The molecule has 17 heteroatoms. The summed E-state index contributed by atoms with van der Waals surface area (Å²) in [4.78, 5) is 57.9. The van der Waals surface area contributed by atoms with Crippen LogP contribution >= 0.6 is 15.6 Å². The molecule has 0 rings (SSSR count). The van der Waals surface area contributed by atoms with Crippen LogP contribution in [0, 0.1) is 0 Å². The van der Waals surface area contributed by atoms with Crippen molar-refractivity contribution in [1.82, 2.24) is 0 Å². The molecular weight excluding hydrogens is 464 g/mol. The van der Waals surface area contributed by atoms with Crippen molar-refractivity contribution < 1.29 is 95.9 Å². The third kappa shape index (κ3) is 11.0. The molecule has 1 radical (unpaired) electrons. The minimum Gasteiger partial charge on any atom is -0.481 e. The molecule has 0 aromatic carbocycles. The number of hydrogen-bond acceptors (Lipinski definition) is 7. The molecule has 143 valence electrons. The number of aliphatic carboxylic acids is 3. The fourth-order valence-corrected chi connectivity index (χ4v) is 3.04. The van der Waals surface area contributed by atoms with E-state index in [0.29, 0.717) is 0 Å². The Labute approximate surface area is 148 Å². The molecular formula is C6H10CuNiO13P2. The second-order valence-electron chi connectivity index (χ2n) is 3.57. The van der Waals surface area contributed by atoms with Gasteiger partial charge in [0.1, 0.15) is 0 Å². The molecule has 6 N–H and O–H groups in total. The van der Waals surface area contributed by atoms with E-state index in [2.05, 4.69) is 8.83 Å². The van der Waals surface area contributed by atoms with Crippen LogP contribution in [0.1, 0.15) is 12.8 Å². The predicted molar refractivity (Wildman–Crippen MR) is 58.9 cm³/mol. The van der Waals surface area contributed by atoms with E-state index in [4.69, 9.17) is 30.0 Å². The molecule has 23 heavy (non-hydrogen) atoms. The van der Waals surface area contributed by atoms with Gasteiger partial charge in [-0.05, 0) is 0 Å². The van der Waals surface area contributed by atoms with Gasteiger partial charge in [-0.2, -0.15) is 4.31 Å². The van der Waals surface area contributed by atoms with Crippen LogP contribution in [0.2, 0.25) is 0 Å². The van der Waals surface area contributed by atoms with Crippen molar-refractivity contribution in [3.63, 3.8) is 0 Å². The Morgan fingerprint density at radius 2 is 1.26 bits per heavy atom. The third-order valence-electron chi connectivity index (χ3n) is 1.76. The largest absolute Gasteiger partial charge is 0.482 e. The van der Waals surface area contributed by atoms with E-state index in [1.807, 2.05) is 0 Å². The summed E-state index contributed by atoms with van der Waals surface area (Å²) in [5.74, 6) is -6.07. The van der Waals surface area contributed by atoms with Crippen LogP contribution in [0.25, 0.3) is 0 Å². The summed E-state index contributed by atoms with van der Waals surface area (Å²) in [7, 11) is -11.4. The molecule has 0 bridgehead atoms. The van der Waals surface area contributed by atoms with E-state index in [-0.39, 0.29) is 33.6 Å². The molecule has 1 atom stereocenters. The van der Waals surface area contributed by atoms with E-state index in [9.17, 15) is 23.5 Å². The minimum atomic E-state index is -5.77. The smallest absolute Gasteiger partial charge is 0.481 e. The van der Waals surface area contributed by atoms with Crippen molar-refractivity contribution >= 4 is 33.6 Å². The Morgan fingerprint density at radius 3 is 1.48 bits per heavy atom. The summed E-state index contributed by atoms with van der Waals surface area (Å²) in [5, 5.41) is 25.9. The number of carbonyl (C=O) groups is 3. The summed E-state index contributed by atoms with van der Waals surface area (Å²) < 4.78 is 28.9. The fraction of sp³-hybridized carbons (Fsp3) is 0.500. The SMILES string of the molecule is O=C(O)CC(CC(=O)O)(OP(=O)(O)OP(=O)(O)O)C(=O)O.[Cu].[Ni]. The summed E-state index contributed by atoms with van der Waals surface area (Å²) in [5.41, 5.74) is -3.27. The van der Waals surface area contributed by atoms with E-state index in [1.165, 1.54) is 0 Å². The molecule has 0 aliphatic heterocycles. The molecule has 0 heterocycles. The van der Waals surface area contributed by atoms with Gasteiger partial charge in [0, 0.05) is 33.6 Å². The first-order chi connectivity index (χ1) is 9.19. The molecule has 0 fully saturated rings. The number of phosphoric acid groups is 2. The summed E-state index contributed by atoms with van der Waals surface area (Å²) in [6, 6.07) is 0. The first-order valence-corrected chi connectivity index (χ1v) is 7.69. The number of hydrogen-bond donors (Lipinski definition) is 6. The zero-order valence-electron chi connectivity index (χ0n) is 10.5. The maximum atomic E-state index is 11.3. The van der Waals surface area contributed by atoms with Gasteiger partial charge in [0.15, 0.2) is 5.60 Å². The van der Waals surface area contributed by atoms with Crippen LogP contribution in [-0.4, -0.2) is 53.5 Å². The second kappa shape index (κ2) is 9.85.